The molecule has 4 heterocycles. The van der Waals surface area contributed by atoms with Gasteiger partial charge in [0.1, 0.15) is 5.58 Å². The molecule has 0 fully saturated rings. The smallest absolute Gasteiger partial charge is 0.159 e. The van der Waals surface area contributed by atoms with Crippen LogP contribution in [-0.2, 0) is 0 Å². The molecule has 0 saturated carbocycles. The molecule has 4 heteroatoms. The summed E-state index contributed by atoms with van der Waals surface area (Å²) in [5, 5.41) is 12.1. The predicted molar refractivity (Wildman–Crippen MR) is 227 cm³/mol. The molecule has 0 aliphatic carbocycles. The number of hydrogen-bond acceptors (Lipinski definition) is 2. The largest absolute Gasteiger partial charge is 0.454 e. The zero-order valence-corrected chi connectivity index (χ0v) is 29.0. The van der Waals surface area contributed by atoms with E-state index in [1.165, 1.54) is 65.2 Å². The molecule has 9 aromatic carbocycles. The molecule has 0 aliphatic heterocycles. The third-order valence-corrected chi connectivity index (χ3v) is 11.8. The number of anilines is 3. The lowest BCUT2D eigenvalue weighted by Gasteiger charge is -2.28. The van der Waals surface area contributed by atoms with Crippen LogP contribution in [0.4, 0.5) is 17.1 Å². The second-order valence-electron chi connectivity index (χ2n) is 14.5. The highest BCUT2D eigenvalue weighted by atomic mass is 16.3. The fourth-order valence-corrected chi connectivity index (χ4v) is 9.56. The van der Waals surface area contributed by atoms with Gasteiger partial charge in [0.05, 0.1) is 44.5 Å². The molecule has 0 atom stereocenters. The first-order valence-corrected chi connectivity index (χ1v) is 18.5. The van der Waals surface area contributed by atoms with Crippen LogP contribution in [-0.4, -0.2) is 8.80 Å². The first kappa shape index (κ1) is 28.3. The Hall–Kier alpha value is -7.30. The number of aromatic nitrogens is 2. The zero-order chi connectivity index (χ0) is 35.1. The van der Waals surface area contributed by atoms with E-state index in [4.69, 9.17) is 4.42 Å². The van der Waals surface area contributed by atoms with Crippen LogP contribution in [0, 0.1) is 0 Å². The van der Waals surface area contributed by atoms with E-state index in [1.807, 2.05) is 6.07 Å². The Kier molecular flexibility index (Phi) is 5.34. The lowest BCUT2D eigenvalue weighted by atomic mass is 9.98. The summed E-state index contributed by atoms with van der Waals surface area (Å²) in [5.41, 5.74) is 12.1. The Morgan fingerprint density at radius 3 is 1.70 bits per heavy atom. The zero-order valence-electron chi connectivity index (χ0n) is 29.0. The number of rotatable bonds is 3. The van der Waals surface area contributed by atoms with Gasteiger partial charge in [0.15, 0.2) is 5.58 Å². The molecule has 0 amide bonds. The van der Waals surface area contributed by atoms with Gasteiger partial charge in [-0.2, -0.15) is 0 Å². The monoisotopic (exact) mass is 687 g/mol. The molecular weight excluding hydrogens is 659 g/mol. The highest BCUT2D eigenvalue weighted by molar-refractivity contribution is 6.25. The van der Waals surface area contributed by atoms with Gasteiger partial charge >= 0.3 is 0 Å². The maximum absolute atomic E-state index is 6.78. The molecule has 0 radical (unpaired) electrons. The minimum Gasteiger partial charge on any atom is -0.454 e. The third-order valence-electron chi connectivity index (χ3n) is 11.8. The van der Waals surface area contributed by atoms with Crippen LogP contribution in [0.25, 0.3) is 98.1 Å². The first-order chi connectivity index (χ1) is 26.8. The summed E-state index contributed by atoms with van der Waals surface area (Å²) < 4.78 is 11.8. The van der Waals surface area contributed by atoms with Gasteiger partial charge in [-0.1, -0.05) is 127 Å². The minimum absolute atomic E-state index is 0.867. The van der Waals surface area contributed by atoms with E-state index in [2.05, 4.69) is 184 Å². The van der Waals surface area contributed by atoms with Crippen LogP contribution in [0.2, 0.25) is 0 Å². The predicted octanol–water partition coefficient (Wildman–Crippen LogP) is 13.9. The van der Waals surface area contributed by atoms with E-state index in [9.17, 15) is 0 Å². The second-order valence-corrected chi connectivity index (χ2v) is 14.5. The van der Waals surface area contributed by atoms with E-state index in [-0.39, 0.29) is 0 Å². The Bertz CT molecular complexity index is 3690. The number of fused-ring (bicyclic) bond motifs is 15. The summed E-state index contributed by atoms with van der Waals surface area (Å²) >= 11 is 0. The molecule has 54 heavy (non-hydrogen) atoms. The minimum atomic E-state index is 0.867. The average molecular weight is 688 g/mol. The fourth-order valence-electron chi connectivity index (χ4n) is 9.56. The average Bonchev–Trinajstić information content (AvgIpc) is 3.90. The molecule has 13 aromatic rings. The van der Waals surface area contributed by atoms with Crippen molar-refractivity contribution in [1.29, 1.82) is 0 Å². The Balaban J connectivity index is 1.22. The summed E-state index contributed by atoms with van der Waals surface area (Å²) in [6.07, 6.45) is 0. The topological polar surface area (TPSA) is 25.2 Å². The Morgan fingerprint density at radius 1 is 0.352 bits per heavy atom. The van der Waals surface area contributed by atoms with E-state index in [1.54, 1.807) is 0 Å². The highest BCUT2D eigenvalue weighted by Gasteiger charge is 2.25. The fraction of sp³-hybridized carbons (Fsp3) is 0. The van der Waals surface area contributed by atoms with Gasteiger partial charge < -0.3 is 18.1 Å². The van der Waals surface area contributed by atoms with Gasteiger partial charge in [0, 0.05) is 43.4 Å². The van der Waals surface area contributed by atoms with Gasteiger partial charge in [-0.25, -0.2) is 0 Å². The van der Waals surface area contributed by atoms with Crippen molar-refractivity contribution in [2.24, 2.45) is 0 Å². The summed E-state index contributed by atoms with van der Waals surface area (Å²) in [7, 11) is 0. The molecule has 13 rings (SSSR count). The van der Waals surface area contributed by atoms with Crippen molar-refractivity contribution in [2.75, 3.05) is 4.90 Å². The number of benzene rings is 9. The lowest BCUT2D eigenvalue weighted by molar-refractivity contribution is 0.669. The molecule has 0 spiro atoms. The number of para-hydroxylation sites is 4. The second kappa shape index (κ2) is 10.2. The SMILES string of the molecule is c1ccc2c(c1)cc(N(c1ccc3c(c1)n1c4ccccc4c4ccc5c6ccccc6n3c5c41)c1cccc3c1oc1ccccc13)c1ccccc12. The maximum atomic E-state index is 6.78. The maximum Gasteiger partial charge on any atom is 0.159 e. The summed E-state index contributed by atoms with van der Waals surface area (Å²) in [5.74, 6) is 0. The van der Waals surface area contributed by atoms with Crippen LogP contribution in [0.1, 0.15) is 0 Å². The summed E-state index contributed by atoms with van der Waals surface area (Å²) in [6.45, 7) is 0. The van der Waals surface area contributed by atoms with Gasteiger partial charge in [-0.15, -0.1) is 0 Å². The summed E-state index contributed by atoms with van der Waals surface area (Å²) in [6, 6.07) is 64.0. The number of furan rings is 1. The molecule has 0 bridgehead atoms. The van der Waals surface area contributed by atoms with Crippen molar-refractivity contribution >= 4 is 115 Å². The van der Waals surface area contributed by atoms with Crippen molar-refractivity contribution in [2.45, 2.75) is 0 Å². The Labute approximate surface area is 308 Å². The Morgan fingerprint density at radius 2 is 0.944 bits per heavy atom. The number of hydrogen-bond donors (Lipinski definition) is 0. The van der Waals surface area contributed by atoms with Crippen LogP contribution in [0.15, 0.2) is 180 Å². The van der Waals surface area contributed by atoms with Gasteiger partial charge in [0.25, 0.3) is 0 Å². The molecule has 0 unspecified atom stereocenters. The van der Waals surface area contributed by atoms with Crippen LogP contribution >= 0.6 is 0 Å². The van der Waals surface area contributed by atoms with Crippen molar-refractivity contribution < 1.29 is 4.42 Å². The quantitative estimate of drug-likeness (QED) is 0.136. The van der Waals surface area contributed by atoms with Gasteiger partial charge in [0.2, 0.25) is 0 Å². The third kappa shape index (κ3) is 3.52. The van der Waals surface area contributed by atoms with Gasteiger partial charge in [-0.05, 0) is 64.7 Å². The molecule has 4 aromatic heterocycles. The lowest BCUT2D eigenvalue weighted by Crippen LogP contribution is -2.11. The van der Waals surface area contributed by atoms with Crippen molar-refractivity contribution in [3.05, 3.63) is 176 Å². The molecule has 0 aliphatic rings. The van der Waals surface area contributed by atoms with Crippen molar-refractivity contribution in [3.8, 4) is 0 Å². The van der Waals surface area contributed by atoms with E-state index in [0.29, 0.717) is 0 Å². The molecular formula is C50H29N3O. The van der Waals surface area contributed by atoms with Crippen LogP contribution in [0.5, 0.6) is 0 Å². The molecule has 0 saturated heterocycles. The van der Waals surface area contributed by atoms with Crippen LogP contribution < -0.4 is 4.90 Å². The molecule has 0 N–H and O–H groups in total. The van der Waals surface area contributed by atoms with E-state index >= 15 is 0 Å². The highest BCUT2D eigenvalue weighted by Crippen LogP contribution is 2.48. The summed E-state index contributed by atoms with van der Waals surface area (Å²) in [4.78, 5) is 2.42. The van der Waals surface area contributed by atoms with Gasteiger partial charge in [-0.3, -0.25) is 0 Å². The first-order valence-electron chi connectivity index (χ1n) is 18.5. The van der Waals surface area contributed by atoms with E-state index < -0.39 is 0 Å². The van der Waals surface area contributed by atoms with Crippen molar-refractivity contribution in [1.82, 2.24) is 8.80 Å². The van der Waals surface area contributed by atoms with Crippen molar-refractivity contribution in [3.63, 3.8) is 0 Å². The molecule has 250 valence electrons. The molecule has 4 nitrogen and oxygen atoms in total. The normalized spacial score (nSPS) is 12.4. The van der Waals surface area contributed by atoms with Crippen LogP contribution in [0.3, 0.4) is 0 Å². The number of nitrogens with zero attached hydrogens (tertiary/aromatic N) is 3. The van der Waals surface area contributed by atoms with E-state index in [0.717, 1.165) is 50.0 Å². The standard InChI is InChI=1S/C50H29N3O/c1-2-13-32-30(12-1)28-45(34-15-4-3-14-33(32)34)51(44-22-11-19-40-37-18-7-10-23-47(37)54-50(40)44)31-24-27-43-46(29-31)53-42-21-9-6-17-36(42)39-26-25-38-35-16-5-8-20-41(35)52(43)48(38)49(39)53/h1-29H.